The first-order chi connectivity index (χ1) is 26.8. The lowest BCUT2D eigenvalue weighted by molar-refractivity contribution is -0.296. The minimum Gasteiger partial charge on any atom is -0.459 e. The molecule has 3 saturated heterocycles. The molecule has 3 aliphatic heterocycles. The van der Waals surface area contributed by atoms with Gasteiger partial charge in [-0.2, -0.15) is 0 Å². The zero-order valence-corrected chi connectivity index (χ0v) is 35.1. The number of likely N-dealkylation sites (N-methyl/N-ethyl adjacent to an activating group) is 1. The predicted molar refractivity (Wildman–Crippen MR) is 210 cm³/mol. The van der Waals surface area contributed by atoms with Crippen LogP contribution in [0.3, 0.4) is 0 Å². The smallest absolute Gasteiger partial charge is 0.316 e. The van der Waals surface area contributed by atoms with Crippen molar-refractivity contribution in [2.24, 2.45) is 33.6 Å². The van der Waals surface area contributed by atoms with Crippen LogP contribution in [0.25, 0.3) is 0 Å². The normalized spacial score (nSPS) is 37.6. The summed E-state index contributed by atoms with van der Waals surface area (Å²) >= 11 is 0. The van der Waals surface area contributed by atoms with Crippen molar-refractivity contribution in [1.82, 2.24) is 4.90 Å². The number of cyclic esters (lactones) is 1. The van der Waals surface area contributed by atoms with Crippen molar-refractivity contribution in [2.45, 2.75) is 135 Å². The average Bonchev–Trinajstić information content (AvgIpc) is 3.18. The minimum absolute atomic E-state index is 0.0253. The molecule has 16 heteroatoms. The molecule has 16 nitrogen and oxygen atoms in total. The Morgan fingerprint density at radius 1 is 1.09 bits per heavy atom. The summed E-state index contributed by atoms with van der Waals surface area (Å²) in [5, 5.41) is 28.3. The van der Waals surface area contributed by atoms with Crippen LogP contribution in [0.15, 0.2) is 34.4 Å². The highest BCUT2D eigenvalue weighted by molar-refractivity contribution is 6.00. The van der Waals surface area contributed by atoms with Crippen molar-refractivity contribution in [3.05, 3.63) is 35.4 Å². The molecule has 1 aromatic rings. The first-order valence-corrected chi connectivity index (χ1v) is 19.8. The van der Waals surface area contributed by atoms with Crippen LogP contribution < -0.4 is 5.73 Å². The number of fused-ring (bicyclic) bond motifs is 5. The zero-order chi connectivity index (χ0) is 42.2. The third-order valence-electron chi connectivity index (χ3n) is 11.5. The topological polar surface area (TPSA) is 210 Å². The molecule has 2 bridgehead atoms. The molecule has 320 valence electrons. The summed E-state index contributed by atoms with van der Waals surface area (Å²) in [5.74, 6) is -4.41. The van der Waals surface area contributed by atoms with E-state index in [1.807, 2.05) is 39.8 Å². The number of carbonyl (C=O) groups excluding carboxylic acids is 3. The fraction of sp³-hybridized carbons (Fsp3) is 0.732. The highest BCUT2D eigenvalue weighted by Gasteiger charge is 2.51. The van der Waals surface area contributed by atoms with Crippen LogP contribution in [0.2, 0.25) is 0 Å². The molecule has 4 N–H and O–H groups in total. The van der Waals surface area contributed by atoms with Crippen LogP contribution >= 0.6 is 0 Å². The Kier molecular flexibility index (Phi) is 16.3. The molecule has 0 unspecified atom stereocenters. The lowest BCUT2D eigenvalue weighted by atomic mass is 9.76. The third-order valence-corrected chi connectivity index (χ3v) is 11.5. The number of esters is 1. The Balaban J connectivity index is 1.87. The number of Topliss-reactive ketones (excluding diaryl/α,β-unsaturated/α-hetero) is 1. The van der Waals surface area contributed by atoms with E-state index in [9.17, 15) is 24.6 Å². The van der Waals surface area contributed by atoms with Crippen molar-refractivity contribution >= 4 is 29.1 Å². The molecule has 1 aromatic carbocycles. The molecule has 3 fully saturated rings. The van der Waals surface area contributed by atoms with Gasteiger partial charge in [-0.3, -0.25) is 19.4 Å². The van der Waals surface area contributed by atoms with Gasteiger partial charge in [0.15, 0.2) is 12.1 Å². The molecule has 0 aromatic heterocycles. The first kappa shape index (κ1) is 46.3. The summed E-state index contributed by atoms with van der Waals surface area (Å²) in [6, 6.07) is 6.29. The average molecular weight is 805 g/mol. The maximum absolute atomic E-state index is 14.4. The lowest BCUT2D eigenvalue weighted by Gasteiger charge is -2.47. The van der Waals surface area contributed by atoms with E-state index >= 15 is 0 Å². The molecule has 0 aliphatic carbocycles. The molecule has 3 aliphatic rings. The van der Waals surface area contributed by atoms with Crippen molar-refractivity contribution in [3.8, 4) is 0 Å². The van der Waals surface area contributed by atoms with E-state index in [4.69, 9.17) is 44.0 Å². The van der Waals surface area contributed by atoms with Gasteiger partial charge in [-0.25, -0.2) is 0 Å². The second-order valence-corrected chi connectivity index (χ2v) is 16.4. The van der Waals surface area contributed by atoms with E-state index in [0.717, 1.165) is 5.56 Å². The molecule has 0 radical (unpaired) electrons. The van der Waals surface area contributed by atoms with E-state index < -0.39 is 71.4 Å². The number of hydrogen-bond acceptors (Lipinski definition) is 15. The Labute approximate surface area is 336 Å². The number of benzene rings is 1. The molecule has 0 spiro atoms. The monoisotopic (exact) mass is 804 g/mol. The molecule has 3 heterocycles. The number of ketones is 1. The summed E-state index contributed by atoms with van der Waals surface area (Å²) in [7, 11) is 5.27. The van der Waals surface area contributed by atoms with Crippen LogP contribution in [-0.2, 0) is 49.5 Å². The highest BCUT2D eigenvalue weighted by atomic mass is 16.7. The maximum Gasteiger partial charge on any atom is 0.316 e. The Morgan fingerprint density at radius 2 is 1.77 bits per heavy atom. The Hall–Kier alpha value is -3.35. The van der Waals surface area contributed by atoms with Gasteiger partial charge in [-0.1, -0.05) is 38.1 Å². The predicted octanol–water partition coefficient (Wildman–Crippen LogP) is 3.03. The number of aliphatic hydroxyl groups is 2. The van der Waals surface area contributed by atoms with Gasteiger partial charge in [0.05, 0.1) is 37.1 Å². The van der Waals surface area contributed by atoms with E-state index in [0.29, 0.717) is 23.4 Å². The number of oxime groups is 1. The van der Waals surface area contributed by atoms with Crippen LogP contribution in [0, 0.1) is 17.8 Å². The van der Waals surface area contributed by atoms with Gasteiger partial charge < -0.3 is 54.1 Å². The Morgan fingerprint density at radius 3 is 2.39 bits per heavy atom. The van der Waals surface area contributed by atoms with E-state index in [1.54, 1.807) is 45.0 Å². The second-order valence-electron chi connectivity index (χ2n) is 16.4. The quantitative estimate of drug-likeness (QED) is 0.177. The van der Waals surface area contributed by atoms with Gasteiger partial charge in [0.1, 0.15) is 42.8 Å². The number of amides is 1. The van der Waals surface area contributed by atoms with Crippen molar-refractivity contribution in [1.29, 1.82) is 0 Å². The zero-order valence-electron chi connectivity index (χ0n) is 35.1. The first-order valence-electron chi connectivity index (χ1n) is 19.8. The van der Waals surface area contributed by atoms with Crippen LogP contribution in [0.5, 0.6) is 0 Å². The maximum atomic E-state index is 14.4. The van der Waals surface area contributed by atoms with Gasteiger partial charge >= 0.3 is 5.97 Å². The number of nitrogens with zero attached hydrogens (tertiary/aromatic N) is 3. The number of rotatable bonds is 10. The van der Waals surface area contributed by atoms with Gasteiger partial charge in [0.25, 0.3) is 0 Å². The number of hydrogen-bond donors (Lipinski definition) is 3. The van der Waals surface area contributed by atoms with Crippen molar-refractivity contribution in [2.75, 3.05) is 41.1 Å². The van der Waals surface area contributed by atoms with E-state index in [-0.39, 0.29) is 63.9 Å². The van der Waals surface area contributed by atoms with E-state index in [1.165, 1.54) is 14.0 Å². The molecular weight excluding hydrogens is 740 g/mol. The highest BCUT2D eigenvalue weighted by Crippen LogP contribution is 2.39. The fourth-order valence-electron chi connectivity index (χ4n) is 7.99. The fourth-order valence-corrected chi connectivity index (χ4v) is 7.99. The number of aliphatic hydroxyl groups excluding tert-OH is 1. The molecule has 0 saturated carbocycles. The minimum atomic E-state index is -1.76. The van der Waals surface area contributed by atoms with Gasteiger partial charge in [0.2, 0.25) is 5.91 Å². The molecular formula is C41H64N4O12. The van der Waals surface area contributed by atoms with Crippen molar-refractivity contribution in [3.63, 3.8) is 0 Å². The van der Waals surface area contributed by atoms with Crippen molar-refractivity contribution < 1.29 is 57.9 Å². The standard InChI is InChI=1S/C41H64N4O12/c1-11-32-41(7,50)33-17-30(43-22-51-10)23(2)18-40(6,53-21-29(20-52-33)44-54-19-27-12-14-28(15-13-27)37(42)48)36(25(4)34(46)26(5)38(49)56-32)57-39-35(47)31(45(8)9)16-24(3)55-39/h12-15,23-26,31-33,35-36,39,47,50H,11,16-22H2,1-10H3,(H2,42,48)/b43-30-,44-29-/t23-,24-,25+,26-,31+,32-,33-,35-,36-,39+,40-,41-/m1/s1. The van der Waals surface area contributed by atoms with E-state index in [2.05, 4.69) is 5.16 Å². The second kappa shape index (κ2) is 20.1. The Bertz CT molecular complexity index is 1590. The number of aliphatic imine (C=N–C) groups is 1. The summed E-state index contributed by atoms with van der Waals surface area (Å²) in [6.45, 7) is 11.9. The molecule has 1 amide bonds. The molecule has 57 heavy (non-hydrogen) atoms. The number of carbonyl (C=O) groups is 3. The summed E-state index contributed by atoms with van der Waals surface area (Å²) in [4.78, 5) is 52.3. The van der Waals surface area contributed by atoms with Crippen LogP contribution in [-0.4, -0.2) is 139 Å². The number of primary amides is 1. The largest absolute Gasteiger partial charge is 0.459 e. The summed E-state index contributed by atoms with van der Waals surface area (Å²) in [5.41, 5.74) is 4.32. The van der Waals surface area contributed by atoms with Crippen LogP contribution in [0.1, 0.15) is 90.1 Å². The molecule has 4 rings (SSSR count). The van der Waals surface area contributed by atoms with Gasteiger partial charge in [-0.15, -0.1) is 0 Å². The lowest BCUT2D eigenvalue weighted by Crippen LogP contribution is -2.59. The van der Waals surface area contributed by atoms with Crippen LogP contribution in [0.4, 0.5) is 0 Å². The summed E-state index contributed by atoms with van der Waals surface area (Å²) < 4.78 is 37.6. The van der Waals surface area contributed by atoms with Gasteiger partial charge in [-0.05, 0) is 84.7 Å². The number of ether oxygens (including phenoxy) is 6. The third kappa shape index (κ3) is 11.4. The summed E-state index contributed by atoms with van der Waals surface area (Å²) in [6.07, 6.45) is -4.55. The SMILES string of the molecule is CC[C@H]1OC(=O)[C@H](C)C(=O)[C@H](C)[C@@H](O[C@@H]2O[C@H](C)C[C@H](N(C)C)[C@H]2O)[C@@]2(C)C[C@@H](C)/C(=N\COC)C[C@@H](OC/C(=N/OCc3ccc(C(N)=O)cc3)CO2)[C@]1(C)O. The number of nitrogens with two attached hydrogens (primary N) is 1. The van der Waals surface area contributed by atoms with Gasteiger partial charge in [0, 0.05) is 36.8 Å². The number of methoxy groups -OCH3 is 1. The molecule has 12 atom stereocenters.